The van der Waals surface area contributed by atoms with Gasteiger partial charge in [0, 0.05) is 19.3 Å². The van der Waals surface area contributed by atoms with Crippen LogP contribution >= 0.6 is 0 Å². The van der Waals surface area contributed by atoms with Crippen LogP contribution in [0.15, 0.2) is 48.6 Å². The smallest absolute Gasteiger partial charge is 0.306 e. The highest BCUT2D eigenvalue weighted by Gasteiger charge is 2.19. The first-order valence-electron chi connectivity index (χ1n) is 23.7. The molecule has 0 bridgehead atoms. The van der Waals surface area contributed by atoms with Gasteiger partial charge in [-0.25, -0.2) is 0 Å². The highest BCUT2D eigenvalue weighted by atomic mass is 16.6. The third-order valence-corrected chi connectivity index (χ3v) is 10.1. The van der Waals surface area contributed by atoms with Crippen molar-refractivity contribution in [3.05, 3.63) is 48.6 Å². The Morgan fingerprint density at radius 1 is 0.375 bits per heavy atom. The second kappa shape index (κ2) is 45.1. The molecule has 0 N–H and O–H groups in total. The molecule has 1 unspecified atom stereocenters. The molecule has 0 aliphatic rings. The molecule has 0 rings (SSSR count). The Bertz CT molecular complexity index is 996. The Labute approximate surface area is 346 Å². The Balaban J connectivity index is 4.36. The fourth-order valence-corrected chi connectivity index (χ4v) is 6.45. The van der Waals surface area contributed by atoms with Gasteiger partial charge in [-0.3, -0.25) is 14.4 Å². The van der Waals surface area contributed by atoms with Gasteiger partial charge in [0.2, 0.25) is 0 Å². The van der Waals surface area contributed by atoms with Crippen LogP contribution in [-0.4, -0.2) is 37.2 Å². The van der Waals surface area contributed by atoms with Gasteiger partial charge in [0.05, 0.1) is 0 Å². The van der Waals surface area contributed by atoms with E-state index >= 15 is 0 Å². The summed E-state index contributed by atoms with van der Waals surface area (Å²) in [4.78, 5) is 37.7. The van der Waals surface area contributed by atoms with Crippen LogP contribution in [0.25, 0.3) is 0 Å². The predicted molar refractivity (Wildman–Crippen MR) is 238 cm³/mol. The SMILES string of the molecule is CCCC/C=C\C=C/CCCCCC(=O)OC(COC(=O)CCCCCCCCC/C=C\C/C=C\CCCCC)COC(=O)CCCCCCCCCCCC. The molecule has 0 radical (unpaired) electrons. The largest absolute Gasteiger partial charge is 0.462 e. The number of hydrogen-bond donors (Lipinski definition) is 0. The summed E-state index contributed by atoms with van der Waals surface area (Å²) in [5.41, 5.74) is 0. The lowest BCUT2D eigenvalue weighted by atomic mass is 10.1. The molecule has 0 saturated carbocycles. The van der Waals surface area contributed by atoms with E-state index in [2.05, 4.69) is 69.4 Å². The number of rotatable bonds is 42. The van der Waals surface area contributed by atoms with Crippen LogP contribution in [0.4, 0.5) is 0 Å². The van der Waals surface area contributed by atoms with Crippen LogP contribution < -0.4 is 0 Å². The Hall–Kier alpha value is -2.63. The average Bonchev–Trinajstić information content (AvgIpc) is 3.19. The summed E-state index contributed by atoms with van der Waals surface area (Å²) in [6, 6.07) is 0. The molecule has 324 valence electrons. The lowest BCUT2D eigenvalue weighted by Crippen LogP contribution is -2.30. The molecular weight excluding hydrogens is 697 g/mol. The number of carbonyl (C=O) groups is 3. The van der Waals surface area contributed by atoms with Crippen LogP contribution in [0.2, 0.25) is 0 Å². The van der Waals surface area contributed by atoms with Crippen molar-refractivity contribution in [1.29, 1.82) is 0 Å². The fourth-order valence-electron chi connectivity index (χ4n) is 6.45. The van der Waals surface area contributed by atoms with Crippen LogP contribution in [-0.2, 0) is 28.6 Å². The highest BCUT2D eigenvalue weighted by molar-refractivity contribution is 5.71. The lowest BCUT2D eigenvalue weighted by molar-refractivity contribution is -0.167. The second-order valence-corrected chi connectivity index (χ2v) is 15.7. The number of unbranched alkanes of at least 4 members (excludes halogenated alkanes) is 24. The molecule has 0 amide bonds. The maximum atomic E-state index is 12.7. The molecular formula is C50H88O6. The molecule has 0 aliphatic heterocycles. The van der Waals surface area contributed by atoms with E-state index in [1.54, 1.807) is 0 Å². The zero-order valence-electron chi connectivity index (χ0n) is 36.9. The van der Waals surface area contributed by atoms with Crippen molar-refractivity contribution in [3.63, 3.8) is 0 Å². The summed E-state index contributed by atoms with van der Waals surface area (Å²) in [6.07, 6.45) is 52.3. The molecule has 0 saturated heterocycles. The van der Waals surface area contributed by atoms with Crippen molar-refractivity contribution in [2.75, 3.05) is 13.2 Å². The topological polar surface area (TPSA) is 78.9 Å². The van der Waals surface area contributed by atoms with Crippen molar-refractivity contribution < 1.29 is 28.6 Å². The predicted octanol–water partition coefficient (Wildman–Crippen LogP) is 15.1. The molecule has 0 fully saturated rings. The van der Waals surface area contributed by atoms with Gasteiger partial charge in [-0.15, -0.1) is 0 Å². The lowest BCUT2D eigenvalue weighted by Gasteiger charge is -2.18. The minimum absolute atomic E-state index is 0.0852. The van der Waals surface area contributed by atoms with Gasteiger partial charge in [0.15, 0.2) is 6.10 Å². The summed E-state index contributed by atoms with van der Waals surface area (Å²) in [5.74, 6) is -0.922. The first-order valence-corrected chi connectivity index (χ1v) is 23.7. The van der Waals surface area contributed by atoms with E-state index in [1.165, 1.54) is 109 Å². The fraction of sp³-hybridized carbons (Fsp3) is 0.780. The van der Waals surface area contributed by atoms with Crippen molar-refractivity contribution >= 4 is 17.9 Å². The van der Waals surface area contributed by atoms with Crippen LogP contribution in [0.1, 0.15) is 233 Å². The molecule has 0 aliphatic carbocycles. The van der Waals surface area contributed by atoms with E-state index in [-0.39, 0.29) is 31.1 Å². The van der Waals surface area contributed by atoms with E-state index < -0.39 is 6.10 Å². The van der Waals surface area contributed by atoms with E-state index in [0.717, 1.165) is 83.5 Å². The minimum Gasteiger partial charge on any atom is -0.462 e. The number of esters is 3. The van der Waals surface area contributed by atoms with Crippen molar-refractivity contribution in [1.82, 2.24) is 0 Å². The first kappa shape index (κ1) is 53.4. The van der Waals surface area contributed by atoms with E-state index in [1.807, 2.05) is 0 Å². The summed E-state index contributed by atoms with van der Waals surface area (Å²) in [6.45, 7) is 6.51. The monoisotopic (exact) mass is 785 g/mol. The molecule has 1 atom stereocenters. The minimum atomic E-state index is -0.785. The maximum absolute atomic E-state index is 12.7. The quantitative estimate of drug-likeness (QED) is 0.0202. The van der Waals surface area contributed by atoms with Crippen LogP contribution in [0.5, 0.6) is 0 Å². The van der Waals surface area contributed by atoms with Gasteiger partial charge < -0.3 is 14.2 Å². The standard InChI is InChI=1S/C50H88O6/c1-4-7-10-13-16-19-22-23-24-25-26-27-29-31-34-37-40-43-49(52)55-46-47(45-54-48(51)42-39-36-33-30-21-18-15-12-9-6-3)56-50(53)44-41-38-35-32-28-20-17-14-11-8-5-2/h14,16-17,19-20,23-24,28,47H,4-13,15,18,21-22,25-27,29-46H2,1-3H3/b17-14-,19-16-,24-23-,28-20-. The molecule has 6 heteroatoms. The van der Waals surface area contributed by atoms with Crippen molar-refractivity contribution in [2.24, 2.45) is 0 Å². The van der Waals surface area contributed by atoms with Crippen molar-refractivity contribution in [2.45, 2.75) is 239 Å². The molecule has 0 aromatic rings. The van der Waals surface area contributed by atoms with E-state index in [9.17, 15) is 14.4 Å². The van der Waals surface area contributed by atoms with Gasteiger partial charge in [-0.2, -0.15) is 0 Å². The molecule has 0 aromatic carbocycles. The molecule has 0 heterocycles. The third kappa shape index (κ3) is 42.5. The number of ether oxygens (including phenoxy) is 3. The third-order valence-electron chi connectivity index (χ3n) is 10.1. The number of allylic oxidation sites excluding steroid dienone is 8. The van der Waals surface area contributed by atoms with Gasteiger partial charge >= 0.3 is 17.9 Å². The molecule has 6 nitrogen and oxygen atoms in total. The Kier molecular flexibility index (Phi) is 43.0. The highest BCUT2D eigenvalue weighted by Crippen LogP contribution is 2.14. The number of hydrogen-bond acceptors (Lipinski definition) is 6. The van der Waals surface area contributed by atoms with Gasteiger partial charge in [0.1, 0.15) is 13.2 Å². The Morgan fingerprint density at radius 2 is 0.714 bits per heavy atom. The van der Waals surface area contributed by atoms with Crippen LogP contribution in [0, 0.1) is 0 Å². The molecule has 0 spiro atoms. The maximum Gasteiger partial charge on any atom is 0.306 e. The second-order valence-electron chi connectivity index (χ2n) is 15.7. The van der Waals surface area contributed by atoms with Gasteiger partial charge in [-0.1, -0.05) is 191 Å². The van der Waals surface area contributed by atoms with Gasteiger partial charge in [-0.05, 0) is 70.6 Å². The van der Waals surface area contributed by atoms with Crippen molar-refractivity contribution in [3.8, 4) is 0 Å². The Morgan fingerprint density at radius 3 is 1.20 bits per heavy atom. The summed E-state index contributed by atoms with van der Waals surface area (Å²) in [5, 5.41) is 0. The van der Waals surface area contributed by atoms with E-state index in [0.29, 0.717) is 19.3 Å². The summed E-state index contributed by atoms with van der Waals surface area (Å²) < 4.78 is 16.7. The zero-order valence-corrected chi connectivity index (χ0v) is 36.9. The van der Waals surface area contributed by atoms with E-state index in [4.69, 9.17) is 14.2 Å². The van der Waals surface area contributed by atoms with Crippen LogP contribution in [0.3, 0.4) is 0 Å². The normalized spacial score (nSPS) is 12.4. The van der Waals surface area contributed by atoms with Gasteiger partial charge in [0.25, 0.3) is 0 Å². The molecule has 0 aromatic heterocycles. The average molecular weight is 785 g/mol. The zero-order chi connectivity index (χ0) is 40.8. The first-order chi connectivity index (χ1) is 27.5. The summed E-state index contributed by atoms with van der Waals surface area (Å²) in [7, 11) is 0. The molecule has 56 heavy (non-hydrogen) atoms. The number of carbonyl (C=O) groups excluding carboxylic acids is 3. The summed E-state index contributed by atoms with van der Waals surface area (Å²) >= 11 is 0.